The van der Waals surface area contributed by atoms with Gasteiger partial charge in [-0.25, -0.2) is 9.59 Å². The number of hydrogen-bond acceptors (Lipinski definition) is 5. The summed E-state index contributed by atoms with van der Waals surface area (Å²) in [4.78, 5) is 37.9. The molecular weight excluding hydrogens is 436 g/mol. The third-order valence-corrected chi connectivity index (χ3v) is 6.72. The highest BCUT2D eigenvalue weighted by Crippen LogP contribution is 2.44. The second-order valence-electron chi connectivity index (χ2n) is 9.06. The molecule has 0 saturated carbocycles. The minimum Gasteiger partial charge on any atom is -0.479 e. The van der Waals surface area contributed by atoms with Gasteiger partial charge in [0.05, 0.1) is 6.54 Å². The zero-order chi connectivity index (χ0) is 24.3. The van der Waals surface area contributed by atoms with Crippen molar-refractivity contribution in [3.8, 4) is 11.1 Å². The predicted octanol–water partition coefficient (Wildman–Crippen LogP) is 3.13. The average Bonchev–Trinajstić information content (AvgIpc) is 3.37. The number of alkyl carbamates (subject to hydrolysis) is 1. The maximum Gasteiger partial charge on any atom is 0.407 e. The summed E-state index contributed by atoms with van der Waals surface area (Å²) in [7, 11) is 0. The zero-order valence-corrected chi connectivity index (χ0v) is 19.2. The van der Waals surface area contributed by atoms with Crippen LogP contribution in [0.2, 0.25) is 0 Å². The number of nitrogens with zero attached hydrogens (tertiary/aromatic N) is 1. The molecule has 180 valence electrons. The quantitative estimate of drug-likeness (QED) is 0.550. The predicted molar refractivity (Wildman–Crippen MR) is 125 cm³/mol. The number of nitrogens with one attached hydrogen (secondary N) is 1. The number of hydrogen-bond donors (Lipinski definition) is 3. The standard InChI is InChI=1S/C26H30N2O6/c1-2-7-17(14-23(29)28-13-12-26(33,16-28)24(30)31)27-25(32)34-15-22-20-10-5-3-8-18(20)19-9-4-6-11-21(19)22/h3-6,8-11,17,22,33H,2,7,12-16H2,1H3,(H,27,32)(H,30,31)/t17-,26?/m1/s1. The first-order valence-corrected chi connectivity index (χ1v) is 11.7. The van der Waals surface area contributed by atoms with Gasteiger partial charge in [0.25, 0.3) is 0 Å². The minimum atomic E-state index is -1.91. The number of likely N-dealkylation sites (tertiary alicyclic amines) is 1. The molecule has 8 nitrogen and oxygen atoms in total. The number of carbonyl (C=O) groups is 3. The van der Waals surface area contributed by atoms with E-state index in [1.165, 1.54) is 4.90 Å². The van der Waals surface area contributed by atoms with Crippen molar-refractivity contribution in [1.82, 2.24) is 10.2 Å². The normalized spacial score (nSPS) is 19.9. The zero-order valence-electron chi connectivity index (χ0n) is 19.2. The molecule has 2 atom stereocenters. The van der Waals surface area contributed by atoms with Crippen molar-refractivity contribution in [2.24, 2.45) is 0 Å². The van der Waals surface area contributed by atoms with Crippen LogP contribution in [0.25, 0.3) is 11.1 Å². The van der Waals surface area contributed by atoms with Gasteiger partial charge in [-0.3, -0.25) is 4.79 Å². The molecule has 8 heteroatoms. The number of aliphatic carboxylic acids is 1. The van der Waals surface area contributed by atoms with E-state index in [1.807, 2.05) is 43.3 Å². The van der Waals surface area contributed by atoms with Gasteiger partial charge in [0.15, 0.2) is 5.60 Å². The molecule has 2 aliphatic rings. The number of amides is 2. The molecule has 1 unspecified atom stereocenters. The molecular formula is C26H30N2O6. The van der Waals surface area contributed by atoms with E-state index in [9.17, 15) is 19.5 Å². The Morgan fingerprint density at radius 2 is 1.74 bits per heavy atom. The molecule has 1 fully saturated rings. The molecule has 0 aromatic heterocycles. The van der Waals surface area contributed by atoms with Gasteiger partial charge in [0, 0.05) is 31.3 Å². The Hall–Kier alpha value is -3.39. The third-order valence-electron chi connectivity index (χ3n) is 6.72. The van der Waals surface area contributed by atoms with E-state index >= 15 is 0 Å². The minimum absolute atomic E-state index is 0.00761. The SMILES string of the molecule is CCC[C@H](CC(=O)N1CCC(O)(C(=O)O)C1)NC(=O)OCC1c2ccccc2-c2ccccc21. The Labute approximate surface area is 198 Å². The van der Waals surface area contributed by atoms with Gasteiger partial charge in [-0.05, 0) is 28.7 Å². The second-order valence-corrected chi connectivity index (χ2v) is 9.06. The fraction of sp³-hybridized carbons (Fsp3) is 0.423. The first kappa shape index (κ1) is 23.8. The lowest BCUT2D eigenvalue weighted by molar-refractivity contribution is -0.157. The molecule has 1 saturated heterocycles. The topological polar surface area (TPSA) is 116 Å². The lowest BCUT2D eigenvalue weighted by atomic mass is 9.98. The van der Waals surface area contributed by atoms with E-state index in [2.05, 4.69) is 17.4 Å². The van der Waals surface area contributed by atoms with Crippen molar-refractivity contribution in [2.45, 2.75) is 50.2 Å². The number of ether oxygens (including phenoxy) is 1. The molecule has 1 aliphatic carbocycles. The van der Waals surface area contributed by atoms with Crippen LogP contribution in [0.5, 0.6) is 0 Å². The van der Waals surface area contributed by atoms with Crippen molar-refractivity contribution in [1.29, 1.82) is 0 Å². The Bertz CT molecular complexity index is 1040. The highest BCUT2D eigenvalue weighted by atomic mass is 16.5. The van der Waals surface area contributed by atoms with E-state index in [0.29, 0.717) is 6.42 Å². The van der Waals surface area contributed by atoms with Crippen molar-refractivity contribution in [2.75, 3.05) is 19.7 Å². The molecule has 1 heterocycles. The van der Waals surface area contributed by atoms with Crippen LogP contribution in [0.15, 0.2) is 48.5 Å². The Kier molecular flexibility index (Phi) is 6.88. The first-order chi connectivity index (χ1) is 16.3. The maximum atomic E-state index is 12.7. The van der Waals surface area contributed by atoms with E-state index in [0.717, 1.165) is 28.7 Å². The van der Waals surface area contributed by atoms with Crippen LogP contribution < -0.4 is 5.32 Å². The van der Waals surface area contributed by atoms with Crippen LogP contribution in [0, 0.1) is 0 Å². The van der Waals surface area contributed by atoms with Gasteiger partial charge in [-0.2, -0.15) is 0 Å². The van der Waals surface area contributed by atoms with Crippen LogP contribution >= 0.6 is 0 Å². The number of β-amino-alcohol motifs (C(OH)–C–C–N with tert-alkyl or cyclic N) is 1. The summed E-state index contributed by atoms with van der Waals surface area (Å²) in [5.41, 5.74) is 2.63. The van der Waals surface area contributed by atoms with Gasteiger partial charge in [-0.1, -0.05) is 61.9 Å². The fourth-order valence-electron chi connectivity index (χ4n) is 4.90. The van der Waals surface area contributed by atoms with Crippen LogP contribution in [0.3, 0.4) is 0 Å². The molecule has 2 aromatic carbocycles. The molecule has 0 bridgehead atoms. The Morgan fingerprint density at radius 3 is 2.29 bits per heavy atom. The number of fused-ring (bicyclic) bond motifs is 3. The Morgan fingerprint density at radius 1 is 1.12 bits per heavy atom. The van der Waals surface area contributed by atoms with E-state index in [-0.39, 0.29) is 44.4 Å². The van der Waals surface area contributed by atoms with E-state index < -0.39 is 23.7 Å². The molecule has 0 radical (unpaired) electrons. The van der Waals surface area contributed by atoms with Crippen molar-refractivity contribution in [3.05, 3.63) is 59.7 Å². The number of carboxylic acids is 1. The summed E-state index contributed by atoms with van der Waals surface area (Å²) in [6.45, 7) is 2.07. The summed E-state index contributed by atoms with van der Waals surface area (Å²) in [5.74, 6) is -1.68. The summed E-state index contributed by atoms with van der Waals surface area (Å²) in [6.07, 6.45) is 0.754. The molecule has 2 aromatic rings. The first-order valence-electron chi connectivity index (χ1n) is 11.7. The molecule has 34 heavy (non-hydrogen) atoms. The monoisotopic (exact) mass is 466 g/mol. The third kappa shape index (κ3) is 4.77. The van der Waals surface area contributed by atoms with Crippen LogP contribution in [-0.2, 0) is 14.3 Å². The highest BCUT2D eigenvalue weighted by molar-refractivity contribution is 5.83. The molecule has 1 aliphatic heterocycles. The lowest BCUT2D eigenvalue weighted by Gasteiger charge is -2.23. The number of carboxylic acid groups (broad SMARTS) is 1. The number of aliphatic hydroxyl groups is 1. The van der Waals surface area contributed by atoms with Crippen molar-refractivity contribution in [3.63, 3.8) is 0 Å². The molecule has 0 spiro atoms. The van der Waals surface area contributed by atoms with Crippen LogP contribution in [-0.4, -0.2) is 64.4 Å². The summed E-state index contributed by atoms with van der Waals surface area (Å²) in [5, 5.41) is 22.1. The van der Waals surface area contributed by atoms with Crippen molar-refractivity contribution < 1.29 is 29.3 Å². The smallest absolute Gasteiger partial charge is 0.407 e. The van der Waals surface area contributed by atoms with Gasteiger partial charge < -0.3 is 25.2 Å². The average molecular weight is 467 g/mol. The number of carbonyl (C=O) groups excluding carboxylic acids is 2. The largest absolute Gasteiger partial charge is 0.479 e. The second kappa shape index (κ2) is 9.85. The summed E-state index contributed by atoms with van der Waals surface area (Å²) < 4.78 is 5.60. The molecule has 2 amide bonds. The van der Waals surface area contributed by atoms with E-state index in [1.54, 1.807) is 0 Å². The lowest BCUT2D eigenvalue weighted by Crippen LogP contribution is -2.44. The van der Waals surface area contributed by atoms with Crippen LogP contribution in [0.4, 0.5) is 4.79 Å². The van der Waals surface area contributed by atoms with E-state index in [4.69, 9.17) is 9.84 Å². The molecule has 4 rings (SSSR count). The maximum absolute atomic E-state index is 12.7. The highest BCUT2D eigenvalue weighted by Gasteiger charge is 2.44. The number of rotatable bonds is 8. The van der Waals surface area contributed by atoms with Gasteiger partial charge in [0.1, 0.15) is 6.61 Å². The van der Waals surface area contributed by atoms with Crippen LogP contribution in [0.1, 0.15) is 49.7 Å². The fourth-order valence-corrected chi connectivity index (χ4v) is 4.90. The summed E-state index contributed by atoms with van der Waals surface area (Å²) in [6, 6.07) is 15.7. The van der Waals surface area contributed by atoms with Crippen molar-refractivity contribution >= 4 is 18.0 Å². The summed E-state index contributed by atoms with van der Waals surface area (Å²) >= 11 is 0. The Balaban J connectivity index is 1.35. The van der Waals surface area contributed by atoms with Gasteiger partial charge >= 0.3 is 12.1 Å². The molecule has 3 N–H and O–H groups in total. The van der Waals surface area contributed by atoms with Gasteiger partial charge in [0.2, 0.25) is 5.91 Å². The van der Waals surface area contributed by atoms with Gasteiger partial charge in [-0.15, -0.1) is 0 Å². The number of benzene rings is 2.